The summed E-state index contributed by atoms with van der Waals surface area (Å²) in [5.41, 5.74) is -1.22. The summed E-state index contributed by atoms with van der Waals surface area (Å²) in [6.07, 6.45) is 3.02. The number of aliphatic hydroxyl groups excluding tert-OH is 1. The topological polar surface area (TPSA) is 116 Å². The summed E-state index contributed by atoms with van der Waals surface area (Å²) in [6.45, 7) is 4.06. The van der Waals surface area contributed by atoms with Gasteiger partial charge in [0.2, 0.25) is 0 Å². The number of hydrogen-bond acceptors (Lipinski definition) is 7. The number of aromatic amines is 1. The molecule has 146 valence electrons. The fourth-order valence-electron chi connectivity index (χ4n) is 3.64. The van der Waals surface area contributed by atoms with Crippen LogP contribution in [0.15, 0.2) is 15.8 Å². The summed E-state index contributed by atoms with van der Waals surface area (Å²) in [4.78, 5) is 25.6. The van der Waals surface area contributed by atoms with Crippen LogP contribution >= 0.6 is 0 Å². The van der Waals surface area contributed by atoms with Gasteiger partial charge in [-0.3, -0.25) is 0 Å². The maximum atomic E-state index is 12.1. The van der Waals surface area contributed by atoms with Crippen molar-refractivity contribution in [2.24, 2.45) is 0 Å². The summed E-state index contributed by atoms with van der Waals surface area (Å²) in [6, 6.07) is 0. The number of aromatic nitrogens is 3. The third kappa shape index (κ3) is 3.91. The predicted octanol–water partition coefficient (Wildman–Crippen LogP) is 0.648. The van der Waals surface area contributed by atoms with E-state index in [4.69, 9.17) is 10.9 Å². The minimum atomic E-state index is -3.31. The second-order valence-electron chi connectivity index (χ2n) is 6.91. The molecule has 9 nitrogen and oxygen atoms in total. The van der Waals surface area contributed by atoms with E-state index in [9.17, 15) is 14.7 Å². The molecule has 10 heteroatoms. The molecule has 4 atom stereocenters. The second-order valence-corrected chi connectivity index (χ2v) is 16.3. The summed E-state index contributed by atoms with van der Waals surface area (Å²) in [7, 11) is 0. The first-order valence-electron chi connectivity index (χ1n) is 9.33. The van der Waals surface area contributed by atoms with Gasteiger partial charge in [0.15, 0.2) is 0 Å². The third-order valence-corrected chi connectivity index (χ3v) is 15.3. The number of nitrogens with one attached hydrogen (secondary N) is 1. The van der Waals surface area contributed by atoms with Crippen molar-refractivity contribution in [1.82, 2.24) is 14.8 Å². The molecule has 0 aliphatic carbocycles. The summed E-state index contributed by atoms with van der Waals surface area (Å²) >= 11 is -3.31. The molecule has 2 saturated heterocycles. The van der Waals surface area contributed by atoms with Crippen molar-refractivity contribution in [3.05, 3.63) is 27.0 Å². The van der Waals surface area contributed by atoms with Crippen LogP contribution in [0, 0.1) is 0 Å². The van der Waals surface area contributed by atoms with E-state index in [0.29, 0.717) is 0 Å². The first-order chi connectivity index (χ1) is 12.5. The fourth-order valence-corrected chi connectivity index (χ4v) is 15.3. The molecule has 0 saturated carbocycles. The van der Waals surface area contributed by atoms with Gasteiger partial charge in [0.25, 0.3) is 0 Å². The Hall–Kier alpha value is -0.751. The molecule has 0 unspecified atom stereocenters. The Kier molecular flexibility index (Phi) is 6.54. The van der Waals surface area contributed by atoms with E-state index >= 15 is 0 Å². The molecule has 0 bridgehead atoms. The number of rotatable bonds is 8. The van der Waals surface area contributed by atoms with Crippen molar-refractivity contribution in [3.8, 4) is 0 Å². The quantitative estimate of drug-likeness (QED) is 0.530. The molecule has 1 aromatic heterocycles. The average Bonchev–Trinajstić information content (AvgIpc) is 3.14. The molecule has 2 aliphatic heterocycles. The zero-order valence-electron chi connectivity index (χ0n) is 15.2. The monoisotopic (exact) mass is 477 g/mol. The molecule has 0 spiro atoms. The second kappa shape index (κ2) is 8.51. The number of H-pyrrole nitrogens is 1. The predicted molar refractivity (Wildman–Crippen MR) is 95.0 cm³/mol. The van der Waals surface area contributed by atoms with Crippen molar-refractivity contribution in [1.29, 1.82) is 0 Å². The number of unbranched alkanes of at least 4 members (excludes halogenated alkanes) is 2. The Bertz CT molecular complexity index is 714. The van der Waals surface area contributed by atoms with E-state index in [0.717, 1.165) is 45.4 Å². The van der Waals surface area contributed by atoms with Gasteiger partial charge in [-0.15, -0.1) is 0 Å². The van der Waals surface area contributed by atoms with Crippen LogP contribution in [-0.4, -0.2) is 64.0 Å². The van der Waals surface area contributed by atoms with Crippen LogP contribution in [0.25, 0.3) is 0 Å². The molecule has 2 N–H and O–H groups in total. The van der Waals surface area contributed by atoms with Crippen molar-refractivity contribution in [3.63, 3.8) is 0 Å². The molecule has 0 radical (unpaired) electrons. The molecule has 0 aromatic carbocycles. The van der Waals surface area contributed by atoms with Gasteiger partial charge in [-0.1, -0.05) is 0 Å². The Morgan fingerprint density at radius 1 is 1.19 bits per heavy atom. The molecule has 3 heterocycles. The van der Waals surface area contributed by atoms with Crippen molar-refractivity contribution in [2.45, 2.75) is 72.9 Å². The first-order valence-corrected chi connectivity index (χ1v) is 15.7. The van der Waals surface area contributed by atoms with Crippen LogP contribution in [0.4, 0.5) is 0 Å². The normalized spacial score (nSPS) is 29.8. The van der Waals surface area contributed by atoms with Gasteiger partial charge >= 0.3 is 157 Å². The van der Waals surface area contributed by atoms with E-state index in [1.807, 2.05) is 0 Å². The van der Waals surface area contributed by atoms with Gasteiger partial charge in [-0.05, 0) is 0 Å². The SMILES string of the molecule is CCC[CH2][Sn]1([CH2]CCC)[O][C@@H]2[C@H]([O]1)[C@H](CO)O[C@H]2n1ncc(=O)[nH]c1=O. The van der Waals surface area contributed by atoms with E-state index in [-0.39, 0.29) is 6.61 Å². The number of nitrogens with zero attached hydrogens (tertiary/aromatic N) is 2. The van der Waals surface area contributed by atoms with Crippen LogP contribution in [-0.2, 0) is 10.9 Å². The van der Waals surface area contributed by atoms with Gasteiger partial charge in [0.1, 0.15) is 0 Å². The Morgan fingerprint density at radius 2 is 1.85 bits per heavy atom. The molecule has 2 fully saturated rings. The van der Waals surface area contributed by atoms with Crippen molar-refractivity contribution >= 4 is 19.2 Å². The van der Waals surface area contributed by atoms with Gasteiger partial charge in [-0.25, -0.2) is 0 Å². The number of hydrogen-bond donors (Lipinski definition) is 2. The Morgan fingerprint density at radius 3 is 2.42 bits per heavy atom. The van der Waals surface area contributed by atoms with E-state index in [1.54, 1.807) is 0 Å². The summed E-state index contributed by atoms with van der Waals surface area (Å²) in [5.74, 6) is 0. The summed E-state index contributed by atoms with van der Waals surface area (Å²) in [5, 5.41) is 13.6. The van der Waals surface area contributed by atoms with Crippen molar-refractivity contribution in [2.75, 3.05) is 6.61 Å². The third-order valence-electron chi connectivity index (χ3n) is 4.97. The van der Waals surface area contributed by atoms with E-state index < -0.39 is 55.0 Å². The zero-order valence-corrected chi connectivity index (χ0v) is 18.1. The van der Waals surface area contributed by atoms with Gasteiger partial charge in [0.05, 0.1) is 0 Å². The Balaban J connectivity index is 1.89. The van der Waals surface area contributed by atoms with E-state index in [2.05, 4.69) is 23.9 Å². The number of aliphatic hydroxyl groups is 1. The molecule has 0 amide bonds. The van der Waals surface area contributed by atoms with Gasteiger partial charge in [0, 0.05) is 0 Å². The Labute approximate surface area is 156 Å². The van der Waals surface area contributed by atoms with E-state index in [1.165, 1.54) is 0 Å². The molecule has 1 aromatic rings. The molecule has 2 aliphatic rings. The first kappa shape index (κ1) is 20.0. The standard InChI is InChI=1S/C8H9N3O6.2C4H9.Sn/c12-2-3-5(14)6(15)7(17-3)11-8(16)10-4(13)1-9-11;2*1-3-4-2;/h1,3,5-7,12H,2H2,(H,10,13,16);2*1,3-4H2,2H3;/q-2;;;+2/t3-,5+,6+,7+;;;/m0.../s1. The van der Waals surface area contributed by atoms with Crippen LogP contribution in [0.1, 0.15) is 45.8 Å². The molecular weight excluding hydrogens is 449 g/mol. The van der Waals surface area contributed by atoms with Crippen LogP contribution in [0.3, 0.4) is 0 Å². The fraction of sp³-hybridized carbons (Fsp3) is 0.812. The van der Waals surface area contributed by atoms with Crippen LogP contribution < -0.4 is 11.2 Å². The molecule has 26 heavy (non-hydrogen) atoms. The minimum absolute atomic E-state index is 0.220. The molecular formula is C16H27N3O6Sn. The van der Waals surface area contributed by atoms with Crippen LogP contribution in [0.2, 0.25) is 8.87 Å². The average molecular weight is 476 g/mol. The van der Waals surface area contributed by atoms with Gasteiger partial charge in [-0.2, -0.15) is 0 Å². The van der Waals surface area contributed by atoms with Crippen LogP contribution in [0.5, 0.6) is 0 Å². The summed E-state index contributed by atoms with van der Waals surface area (Å²) < 4.78 is 21.8. The molecule has 3 rings (SSSR count). The van der Waals surface area contributed by atoms with Gasteiger partial charge < -0.3 is 0 Å². The maximum absolute atomic E-state index is 12.1. The number of fused-ring (bicyclic) bond motifs is 1. The zero-order chi connectivity index (χ0) is 18.7. The van der Waals surface area contributed by atoms with Crippen molar-refractivity contribution < 1.29 is 16.0 Å². The number of ether oxygens (including phenoxy) is 1.